The molecule has 0 aromatic rings. The first-order valence-corrected chi connectivity index (χ1v) is 16.7. The molecule has 2 rings (SSSR count). The predicted molar refractivity (Wildman–Crippen MR) is 156 cm³/mol. The summed E-state index contributed by atoms with van der Waals surface area (Å²) in [5.41, 5.74) is 0. The number of hydrogen-bond acceptors (Lipinski definition) is 2. The van der Waals surface area contributed by atoms with Crippen LogP contribution in [-0.4, -0.2) is 122 Å². The van der Waals surface area contributed by atoms with Crippen molar-refractivity contribution in [3.05, 3.63) is 0 Å². The maximum Gasteiger partial charge on any atom is 0.149 e. The van der Waals surface area contributed by atoms with E-state index in [-0.39, 0.29) is 0 Å². The van der Waals surface area contributed by atoms with Gasteiger partial charge in [-0.25, -0.2) is 9.15 Å². The molecule has 0 radical (unpaired) electrons. The lowest BCUT2D eigenvalue weighted by atomic mass is 10.1. The molecule has 0 saturated heterocycles. The highest BCUT2D eigenvalue weighted by atomic mass is 33.1. The maximum absolute atomic E-state index is 2.60. The maximum atomic E-state index is 2.60. The van der Waals surface area contributed by atoms with Gasteiger partial charge in [0.05, 0.1) is 65.9 Å². The molecule has 0 N–H and O–H groups in total. The second-order valence-electron chi connectivity index (χ2n) is 12.2. The largest absolute Gasteiger partial charge is 0.328 e. The van der Waals surface area contributed by atoms with Gasteiger partial charge in [-0.1, -0.05) is 21.6 Å². The fraction of sp³-hybridized carbons (Fsp3) is 0.929. The van der Waals surface area contributed by atoms with E-state index < -0.39 is 0 Å². The SMILES string of the molecule is CC1CCCC=[N+]1CCCC[N+](C)(C)CCSSCC[N+](C)(C)CCCC[N+]1=CCCCC1C. The van der Waals surface area contributed by atoms with Crippen molar-refractivity contribution in [2.24, 2.45) is 0 Å². The van der Waals surface area contributed by atoms with Gasteiger partial charge >= 0.3 is 0 Å². The second-order valence-corrected chi connectivity index (χ2v) is 14.9. The fourth-order valence-electron chi connectivity index (χ4n) is 5.23. The Labute approximate surface area is 220 Å². The van der Waals surface area contributed by atoms with E-state index in [9.17, 15) is 0 Å². The minimum absolute atomic E-state index is 0.760. The Morgan fingerprint density at radius 3 is 1.44 bits per heavy atom. The summed E-state index contributed by atoms with van der Waals surface area (Å²) in [5.74, 6) is 2.54. The zero-order valence-electron chi connectivity index (χ0n) is 23.6. The van der Waals surface area contributed by atoms with Gasteiger partial charge in [0.2, 0.25) is 0 Å². The minimum atomic E-state index is 0.760. The van der Waals surface area contributed by atoms with Crippen molar-refractivity contribution >= 4 is 34.0 Å². The van der Waals surface area contributed by atoms with Gasteiger partial charge in [0.1, 0.15) is 37.6 Å². The molecule has 0 aromatic carbocycles. The molecule has 0 aromatic heterocycles. The lowest BCUT2D eigenvalue weighted by molar-refractivity contribution is -0.888. The fourth-order valence-corrected chi connectivity index (χ4v) is 7.76. The smallest absolute Gasteiger partial charge is 0.149 e. The summed E-state index contributed by atoms with van der Waals surface area (Å²) in [6.07, 6.45) is 18.4. The molecule has 4 nitrogen and oxygen atoms in total. The quantitative estimate of drug-likeness (QED) is 0.111. The van der Waals surface area contributed by atoms with E-state index in [4.69, 9.17) is 0 Å². The number of nitrogens with zero attached hydrogens (tertiary/aromatic N) is 4. The molecule has 2 atom stereocenters. The summed E-state index contributed by atoms with van der Waals surface area (Å²) in [4.78, 5) is 0. The standard InChI is InChI=1S/C28H58N4S2/c1-27-15-7-9-17-29(27)19-11-13-21-31(3,4)23-25-33-34-26-24-32(5,6)22-14-12-20-30-18-10-8-16-28(30)2/h17-18,27-28H,7-16,19-26H2,1-6H3/q+4. The highest BCUT2D eigenvalue weighted by Gasteiger charge is 2.21. The third-order valence-electron chi connectivity index (χ3n) is 8.01. The van der Waals surface area contributed by atoms with Crippen molar-refractivity contribution in [1.82, 2.24) is 0 Å². The van der Waals surface area contributed by atoms with Crippen LogP contribution in [0.15, 0.2) is 0 Å². The van der Waals surface area contributed by atoms with Crippen molar-refractivity contribution in [2.75, 3.05) is 79.0 Å². The van der Waals surface area contributed by atoms with E-state index in [1.165, 1.54) is 124 Å². The van der Waals surface area contributed by atoms with Crippen LogP contribution in [0.1, 0.15) is 78.1 Å². The van der Waals surface area contributed by atoms with E-state index in [1.54, 1.807) is 0 Å². The molecule has 34 heavy (non-hydrogen) atoms. The Morgan fingerprint density at radius 1 is 0.647 bits per heavy atom. The van der Waals surface area contributed by atoms with Crippen LogP contribution in [0.2, 0.25) is 0 Å². The van der Waals surface area contributed by atoms with Crippen LogP contribution < -0.4 is 0 Å². The Kier molecular flexibility index (Phi) is 14.2. The monoisotopic (exact) mass is 514 g/mol. The van der Waals surface area contributed by atoms with E-state index in [2.05, 4.69) is 85.2 Å². The molecule has 0 saturated carbocycles. The Hall–Kier alpha value is -0.0400. The molecule has 0 spiro atoms. The molecule has 0 amide bonds. The first-order chi connectivity index (χ1) is 16.2. The average Bonchev–Trinajstić information content (AvgIpc) is 2.79. The van der Waals surface area contributed by atoms with Crippen LogP contribution in [0.3, 0.4) is 0 Å². The summed E-state index contributed by atoms with van der Waals surface area (Å²) in [6, 6.07) is 1.52. The molecule has 0 fully saturated rings. The first kappa shape index (κ1) is 30.2. The number of unbranched alkanes of at least 4 members (excludes halogenated alkanes) is 2. The van der Waals surface area contributed by atoms with Gasteiger partial charge in [-0.2, -0.15) is 0 Å². The van der Waals surface area contributed by atoms with E-state index in [0.29, 0.717) is 0 Å². The molecule has 2 aliphatic rings. The molecular formula is C28H58N4S2+4. The summed E-state index contributed by atoms with van der Waals surface area (Å²) in [6.45, 7) is 12.5. The van der Waals surface area contributed by atoms with Crippen LogP contribution >= 0.6 is 21.6 Å². The molecule has 0 aliphatic carbocycles. The van der Waals surface area contributed by atoms with Gasteiger partial charge in [0.25, 0.3) is 0 Å². The van der Waals surface area contributed by atoms with Crippen molar-refractivity contribution in [3.8, 4) is 0 Å². The highest BCUT2D eigenvalue weighted by molar-refractivity contribution is 8.76. The van der Waals surface area contributed by atoms with Crippen LogP contribution in [0.25, 0.3) is 0 Å². The van der Waals surface area contributed by atoms with Crippen molar-refractivity contribution in [2.45, 2.75) is 90.1 Å². The number of quaternary nitrogens is 2. The molecule has 2 heterocycles. The molecule has 6 heteroatoms. The number of rotatable bonds is 17. The highest BCUT2D eigenvalue weighted by Crippen LogP contribution is 2.23. The topological polar surface area (TPSA) is 6.02 Å². The van der Waals surface area contributed by atoms with Crippen molar-refractivity contribution in [3.63, 3.8) is 0 Å². The summed E-state index contributed by atoms with van der Waals surface area (Å²) >= 11 is 0. The summed E-state index contributed by atoms with van der Waals surface area (Å²) in [7, 11) is 13.9. The van der Waals surface area contributed by atoms with Crippen LogP contribution in [0.4, 0.5) is 0 Å². The third kappa shape index (κ3) is 12.8. The van der Waals surface area contributed by atoms with Gasteiger partial charge < -0.3 is 8.97 Å². The minimum Gasteiger partial charge on any atom is -0.328 e. The van der Waals surface area contributed by atoms with E-state index >= 15 is 0 Å². The van der Waals surface area contributed by atoms with Gasteiger partial charge in [0.15, 0.2) is 0 Å². The van der Waals surface area contributed by atoms with Crippen LogP contribution in [0.5, 0.6) is 0 Å². The molecule has 198 valence electrons. The Bertz CT molecular complexity index is 576. The first-order valence-electron chi connectivity index (χ1n) is 14.3. The van der Waals surface area contributed by atoms with Crippen LogP contribution in [0, 0.1) is 0 Å². The summed E-state index contributed by atoms with van der Waals surface area (Å²) < 4.78 is 7.54. The molecule has 2 unspecified atom stereocenters. The van der Waals surface area contributed by atoms with Crippen LogP contribution in [-0.2, 0) is 0 Å². The normalized spacial score (nSPS) is 21.9. The second kappa shape index (κ2) is 15.9. The molecule has 0 bridgehead atoms. The number of hydrogen-bond donors (Lipinski definition) is 0. The molecular weight excluding hydrogens is 456 g/mol. The zero-order chi connectivity index (χ0) is 24.9. The Balaban J connectivity index is 1.46. The van der Waals surface area contributed by atoms with E-state index in [0.717, 1.165) is 12.1 Å². The van der Waals surface area contributed by atoms with Crippen molar-refractivity contribution in [1.29, 1.82) is 0 Å². The van der Waals surface area contributed by atoms with Crippen molar-refractivity contribution < 1.29 is 18.1 Å². The lowest BCUT2D eigenvalue weighted by Gasteiger charge is -2.30. The zero-order valence-corrected chi connectivity index (χ0v) is 25.3. The third-order valence-corrected chi connectivity index (χ3v) is 10.4. The van der Waals surface area contributed by atoms with Gasteiger partial charge in [-0.05, 0) is 26.7 Å². The predicted octanol–water partition coefficient (Wildman–Crippen LogP) is 5.39. The molecule has 2 aliphatic heterocycles. The lowest BCUT2D eigenvalue weighted by Crippen LogP contribution is -2.43. The van der Waals surface area contributed by atoms with Gasteiger partial charge in [-0.15, -0.1) is 0 Å². The Morgan fingerprint density at radius 2 is 1.06 bits per heavy atom. The summed E-state index contributed by atoms with van der Waals surface area (Å²) in [5, 5.41) is 0. The van der Waals surface area contributed by atoms with E-state index in [1.807, 2.05) is 0 Å². The average molecular weight is 515 g/mol. The van der Waals surface area contributed by atoms with Gasteiger partial charge in [0, 0.05) is 51.4 Å². The van der Waals surface area contributed by atoms with Gasteiger partial charge in [-0.3, -0.25) is 0 Å².